The smallest absolute Gasteiger partial charge is 0.216 e. The van der Waals surface area contributed by atoms with Crippen LogP contribution in [0.25, 0.3) is 0 Å². The van der Waals surface area contributed by atoms with E-state index in [0.717, 1.165) is 5.56 Å². The molecule has 1 aromatic carbocycles. The van der Waals surface area contributed by atoms with Crippen molar-refractivity contribution in [1.29, 1.82) is 0 Å². The van der Waals surface area contributed by atoms with Crippen LogP contribution in [0.2, 0.25) is 0 Å². The van der Waals surface area contributed by atoms with E-state index < -0.39 is 10.0 Å². The number of benzene rings is 1. The van der Waals surface area contributed by atoms with Gasteiger partial charge in [0.05, 0.1) is 18.5 Å². The largest absolute Gasteiger partial charge is 0.378 e. The van der Waals surface area contributed by atoms with Crippen LogP contribution in [0.15, 0.2) is 29.3 Å². The molecule has 1 aliphatic rings. The highest BCUT2D eigenvalue weighted by atomic mass is 127. The first kappa shape index (κ1) is 25.1. The first-order chi connectivity index (χ1) is 12.8. The Labute approximate surface area is 184 Å². The minimum Gasteiger partial charge on any atom is -0.378 e. The summed E-state index contributed by atoms with van der Waals surface area (Å²) in [6.07, 6.45) is 0.0181. The highest BCUT2D eigenvalue weighted by Crippen LogP contribution is 2.10. The van der Waals surface area contributed by atoms with E-state index in [-0.39, 0.29) is 48.3 Å². The third-order valence-electron chi connectivity index (χ3n) is 4.28. The minimum atomic E-state index is -3.32. The molecule has 0 amide bonds. The van der Waals surface area contributed by atoms with Crippen molar-refractivity contribution in [1.82, 2.24) is 14.5 Å². The second-order valence-corrected chi connectivity index (χ2v) is 8.74. The molecule has 0 bridgehead atoms. The molecule has 1 aliphatic heterocycles. The summed E-state index contributed by atoms with van der Waals surface area (Å²) in [5.41, 5.74) is 0.822. The van der Waals surface area contributed by atoms with Crippen molar-refractivity contribution in [2.24, 2.45) is 4.99 Å². The van der Waals surface area contributed by atoms with E-state index in [4.69, 9.17) is 4.74 Å². The molecule has 0 aromatic heterocycles. The molecule has 1 heterocycles. The van der Waals surface area contributed by atoms with Gasteiger partial charge in [0.15, 0.2) is 5.96 Å². The summed E-state index contributed by atoms with van der Waals surface area (Å²) in [6, 6.07) is 6.39. The fourth-order valence-corrected chi connectivity index (χ4v) is 4.14. The summed E-state index contributed by atoms with van der Waals surface area (Å²) in [7, 11) is -1.63. The number of piperazine rings is 1. The van der Waals surface area contributed by atoms with Gasteiger partial charge in [-0.25, -0.2) is 12.8 Å². The number of halogens is 2. The first-order valence-electron chi connectivity index (χ1n) is 9.11. The summed E-state index contributed by atoms with van der Waals surface area (Å²) >= 11 is 0. The van der Waals surface area contributed by atoms with Crippen molar-refractivity contribution in [3.63, 3.8) is 0 Å². The van der Waals surface area contributed by atoms with E-state index >= 15 is 0 Å². The summed E-state index contributed by atoms with van der Waals surface area (Å²) in [5.74, 6) is 0.404. The number of nitrogens with zero attached hydrogens (tertiary/aromatic N) is 3. The molecule has 0 unspecified atom stereocenters. The number of rotatable bonds is 7. The van der Waals surface area contributed by atoms with Gasteiger partial charge in [-0.3, -0.25) is 4.99 Å². The zero-order valence-corrected chi connectivity index (χ0v) is 19.7. The average molecular weight is 528 g/mol. The Balaban J connectivity index is 0.00000392. The third-order valence-corrected chi connectivity index (χ3v) is 6.11. The van der Waals surface area contributed by atoms with E-state index in [1.54, 1.807) is 13.1 Å². The SMILES string of the molecule is CN=C(NCc1cccc(F)c1)N1CCN(S(=O)(=O)CCOC(C)C)CC1.I. The minimum absolute atomic E-state index is 0. The van der Waals surface area contributed by atoms with Gasteiger partial charge in [-0.15, -0.1) is 24.0 Å². The van der Waals surface area contributed by atoms with E-state index in [0.29, 0.717) is 38.7 Å². The molecule has 28 heavy (non-hydrogen) atoms. The van der Waals surface area contributed by atoms with Gasteiger partial charge in [-0.05, 0) is 31.5 Å². The Morgan fingerprint density at radius 2 is 1.96 bits per heavy atom. The lowest BCUT2D eigenvalue weighted by Gasteiger charge is -2.35. The van der Waals surface area contributed by atoms with Crippen LogP contribution in [-0.2, 0) is 21.3 Å². The van der Waals surface area contributed by atoms with Crippen LogP contribution in [0, 0.1) is 5.82 Å². The van der Waals surface area contributed by atoms with E-state index in [9.17, 15) is 12.8 Å². The van der Waals surface area contributed by atoms with Crippen LogP contribution in [-0.4, -0.2) is 75.3 Å². The molecule has 2 rings (SSSR count). The second-order valence-electron chi connectivity index (χ2n) is 6.65. The fraction of sp³-hybridized carbons (Fsp3) is 0.611. The molecule has 160 valence electrons. The maximum absolute atomic E-state index is 13.3. The molecule has 1 saturated heterocycles. The quantitative estimate of drug-likeness (QED) is 0.333. The third kappa shape index (κ3) is 7.80. The standard InChI is InChI=1S/C18H29FN4O3S.HI/c1-15(2)26-11-12-27(24,25)23-9-7-22(8-10-23)18(20-3)21-14-16-5-4-6-17(19)13-16;/h4-6,13,15H,7-12,14H2,1-3H3,(H,20,21);1H. The summed E-state index contributed by atoms with van der Waals surface area (Å²) in [6.45, 7) is 6.34. The van der Waals surface area contributed by atoms with Crippen LogP contribution in [0.5, 0.6) is 0 Å². The van der Waals surface area contributed by atoms with E-state index in [1.165, 1.54) is 16.4 Å². The average Bonchev–Trinajstić information content (AvgIpc) is 2.62. The van der Waals surface area contributed by atoms with Crippen LogP contribution in [0.4, 0.5) is 4.39 Å². The van der Waals surface area contributed by atoms with Gasteiger partial charge in [0.1, 0.15) is 5.82 Å². The number of hydrogen-bond donors (Lipinski definition) is 1. The van der Waals surface area contributed by atoms with E-state index in [2.05, 4.69) is 10.3 Å². The highest BCUT2D eigenvalue weighted by Gasteiger charge is 2.27. The monoisotopic (exact) mass is 528 g/mol. The van der Waals surface area contributed by atoms with Gasteiger partial charge in [0, 0.05) is 39.8 Å². The fourth-order valence-electron chi connectivity index (χ4n) is 2.86. The molecule has 7 nitrogen and oxygen atoms in total. The van der Waals surface area contributed by atoms with Crippen molar-refractivity contribution in [3.05, 3.63) is 35.6 Å². The van der Waals surface area contributed by atoms with Crippen LogP contribution < -0.4 is 5.32 Å². The lowest BCUT2D eigenvalue weighted by Crippen LogP contribution is -2.54. The van der Waals surface area contributed by atoms with Crippen LogP contribution in [0.1, 0.15) is 19.4 Å². The maximum Gasteiger partial charge on any atom is 0.216 e. The second kappa shape index (κ2) is 11.9. The zero-order valence-electron chi connectivity index (χ0n) is 16.6. The van der Waals surface area contributed by atoms with Gasteiger partial charge in [-0.2, -0.15) is 4.31 Å². The predicted octanol–water partition coefficient (Wildman–Crippen LogP) is 1.89. The number of sulfonamides is 1. The molecular weight excluding hydrogens is 498 g/mol. The van der Waals surface area contributed by atoms with Crippen LogP contribution >= 0.6 is 24.0 Å². The number of hydrogen-bond acceptors (Lipinski definition) is 4. The Morgan fingerprint density at radius 1 is 1.29 bits per heavy atom. The summed E-state index contributed by atoms with van der Waals surface area (Å²) < 4.78 is 44.9. The number of aliphatic imine (C=N–C) groups is 1. The van der Waals surface area contributed by atoms with Crippen molar-refractivity contribution in [3.8, 4) is 0 Å². The highest BCUT2D eigenvalue weighted by molar-refractivity contribution is 14.0. The molecule has 1 N–H and O–H groups in total. The number of ether oxygens (including phenoxy) is 1. The maximum atomic E-state index is 13.3. The number of nitrogens with one attached hydrogen (secondary N) is 1. The van der Waals surface area contributed by atoms with Crippen molar-refractivity contribution in [2.45, 2.75) is 26.5 Å². The molecule has 0 aliphatic carbocycles. The normalized spacial score (nSPS) is 16.2. The zero-order chi connectivity index (χ0) is 19.9. The molecule has 1 aromatic rings. The molecule has 0 spiro atoms. The number of guanidine groups is 1. The van der Waals surface area contributed by atoms with Gasteiger partial charge in [0.2, 0.25) is 10.0 Å². The van der Waals surface area contributed by atoms with Crippen molar-refractivity contribution in [2.75, 3.05) is 45.6 Å². The lowest BCUT2D eigenvalue weighted by molar-refractivity contribution is 0.0904. The molecule has 0 radical (unpaired) electrons. The molecule has 1 fully saturated rings. The molecular formula is C18H30FIN4O3S. The molecule has 10 heteroatoms. The van der Waals surface area contributed by atoms with Crippen LogP contribution in [0.3, 0.4) is 0 Å². The Bertz CT molecular complexity index is 738. The van der Waals surface area contributed by atoms with Gasteiger partial charge >= 0.3 is 0 Å². The van der Waals surface area contributed by atoms with Gasteiger partial charge < -0.3 is 15.0 Å². The topological polar surface area (TPSA) is 74.2 Å². The first-order valence-corrected chi connectivity index (χ1v) is 10.7. The van der Waals surface area contributed by atoms with Gasteiger partial charge in [0.25, 0.3) is 0 Å². The van der Waals surface area contributed by atoms with Crippen molar-refractivity contribution < 1.29 is 17.5 Å². The Hall–Kier alpha value is -0.980. The summed E-state index contributed by atoms with van der Waals surface area (Å²) in [5, 5.41) is 3.20. The van der Waals surface area contributed by atoms with E-state index in [1.807, 2.05) is 24.8 Å². The summed E-state index contributed by atoms with van der Waals surface area (Å²) in [4.78, 5) is 6.27. The molecule has 0 atom stereocenters. The van der Waals surface area contributed by atoms with Gasteiger partial charge in [-0.1, -0.05) is 12.1 Å². The van der Waals surface area contributed by atoms with Crippen molar-refractivity contribution >= 4 is 40.0 Å². The molecule has 0 saturated carbocycles. The Kier molecular flexibility index (Phi) is 10.6. The predicted molar refractivity (Wildman–Crippen MR) is 120 cm³/mol. The lowest BCUT2D eigenvalue weighted by atomic mass is 10.2. The Morgan fingerprint density at radius 3 is 2.54 bits per heavy atom.